The zero-order valence-electron chi connectivity index (χ0n) is 24.3. The Bertz CT molecular complexity index is 1830. The molecule has 1 N–H and O–H groups in total. The zero-order chi connectivity index (χ0) is 31.7. The Kier molecular flexibility index (Phi) is 8.01. The number of pyridine rings is 1. The van der Waals surface area contributed by atoms with E-state index in [4.69, 9.17) is 4.42 Å². The summed E-state index contributed by atoms with van der Waals surface area (Å²) in [5.41, 5.74) is 0.746. The molecule has 0 bridgehead atoms. The molecule has 0 aliphatic carbocycles. The van der Waals surface area contributed by atoms with Crippen LogP contribution in [0.3, 0.4) is 0 Å². The number of alkyl halides is 3. The number of rotatable bonds is 8. The van der Waals surface area contributed by atoms with Gasteiger partial charge in [0, 0.05) is 43.6 Å². The minimum Gasteiger partial charge on any atom is -0.436 e. The smallest absolute Gasteiger partial charge is 0.350 e. The number of fused-ring (bicyclic) bond motifs is 1. The van der Waals surface area contributed by atoms with E-state index in [1.54, 1.807) is 35.2 Å². The number of tetrazole rings is 1. The van der Waals surface area contributed by atoms with E-state index < -0.39 is 24.2 Å². The van der Waals surface area contributed by atoms with Crippen molar-refractivity contribution in [1.29, 1.82) is 0 Å². The van der Waals surface area contributed by atoms with Crippen LogP contribution in [-0.2, 0) is 4.79 Å². The topological polar surface area (TPSA) is 135 Å². The third-order valence-electron chi connectivity index (χ3n) is 7.36. The van der Waals surface area contributed by atoms with Gasteiger partial charge in [0.25, 0.3) is 11.8 Å². The molecule has 2 aromatic carbocycles. The van der Waals surface area contributed by atoms with E-state index in [1.165, 1.54) is 20.0 Å². The van der Waals surface area contributed by atoms with Gasteiger partial charge in [-0.3, -0.25) is 19.5 Å². The SMILES string of the molecule is CC(C)(F)C(=O)Nc1ccc2oc(-c3ccnc(C(=O)N4CCN([C@@H](c5ccccc5)c5nnn(C(F)F)n5)CC4)c3)nc2c1. The second-order valence-corrected chi connectivity index (χ2v) is 10.9. The summed E-state index contributed by atoms with van der Waals surface area (Å²) >= 11 is 0. The van der Waals surface area contributed by atoms with Crippen LogP contribution in [-0.4, -0.2) is 83.6 Å². The molecule has 15 heteroatoms. The number of hydrogen-bond acceptors (Lipinski definition) is 9. The van der Waals surface area contributed by atoms with E-state index in [1.807, 2.05) is 35.2 Å². The Hall–Kier alpha value is -5.18. The van der Waals surface area contributed by atoms with Gasteiger partial charge in [0.15, 0.2) is 17.1 Å². The van der Waals surface area contributed by atoms with Crippen molar-refractivity contribution in [1.82, 2.24) is 40.0 Å². The number of carbonyl (C=O) groups excluding carboxylic acids is 2. The van der Waals surface area contributed by atoms with E-state index in [9.17, 15) is 22.8 Å². The van der Waals surface area contributed by atoms with Gasteiger partial charge in [-0.1, -0.05) is 35.1 Å². The Balaban J connectivity index is 1.16. The van der Waals surface area contributed by atoms with Gasteiger partial charge in [0.2, 0.25) is 5.89 Å². The summed E-state index contributed by atoms with van der Waals surface area (Å²) in [7, 11) is 0. The van der Waals surface area contributed by atoms with Crippen molar-refractivity contribution < 1.29 is 27.2 Å². The number of hydrogen-bond donors (Lipinski definition) is 1. The Morgan fingerprint density at radius 2 is 1.76 bits per heavy atom. The van der Waals surface area contributed by atoms with Crippen molar-refractivity contribution >= 4 is 28.6 Å². The van der Waals surface area contributed by atoms with Gasteiger partial charge in [-0.25, -0.2) is 9.37 Å². The molecule has 1 aliphatic rings. The van der Waals surface area contributed by atoms with Crippen molar-refractivity contribution in [3.05, 3.63) is 83.9 Å². The lowest BCUT2D eigenvalue weighted by Crippen LogP contribution is -2.50. The number of amides is 2. The summed E-state index contributed by atoms with van der Waals surface area (Å²) in [4.78, 5) is 38.2. The average molecular weight is 620 g/mol. The summed E-state index contributed by atoms with van der Waals surface area (Å²) in [6, 6.07) is 16.8. The van der Waals surface area contributed by atoms with Crippen LogP contribution >= 0.6 is 0 Å². The monoisotopic (exact) mass is 619 g/mol. The van der Waals surface area contributed by atoms with Crippen molar-refractivity contribution in [3.63, 3.8) is 0 Å². The fraction of sp³-hybridized carbons (Fsp3) is 0.300. The van der Waals surface area contributed by atoms with Crippen molar-refractivity contribution in [3.8, 4) is 11.5 Å². The second-order valence-electron chi connectivity index (χ2n) is 10.9. The number of benzene rings is 2. The average Bonchev–Trinajstić information content (AvgIpc) is 3.69. The number of oxazole rings is 1. The molecule has 3 aromatic heterocycles. The summed E-state index contributed by atoms with van der Waals surface area (Å²) in [5, 5.41) is 13.8. The lowest BCUT2D eigenvalue weighted by molar-refractivity contribution is -0.125. The third-order valence-corrected chi connectivity index (χ3v) is 7.36. The van der Waals surface area contributed by atoms with Crippen LogP contribution in [0.15, 0.2) is 71.3 Å². The van der Waals surface area contributed by atoms with E-state index in [0.717, 1.165) is 5.56 Å². The number of carbonyl (C=O) groups is 2. The number of nitrogens with zero attached hydrogens (tertiary/aromatic N) is 8. The first-order valence-corrected chi connectivity index (χ1v) is 14.1. The molecule has 1 fully saturated rings. The predicted molar refractivity (Wildman–Crippen MR) is 156 cm³/mol. The quantitative estimate of drug-likeness (QED) is 0.266. The zero-order valence-corrected chi connectivity index (χ0v) is 24.3. The minimum atomic E-state index is -2.91. The minimum absolute atomic E-state index is 0.148. The Labute approximate surface area is 254 Å². The molecule has 0 unspecified atom stereocenters. The fourth-order valence-electron chi connectivity index (χ4n) is 5.02. The van der Waals surface area contributed by atoms with Gasteiger partial charge in [-0.05, 0) is 55.0 Å². The van der Waals surface area contributed by atoms with Gasteiger partial charge >= 0.3 is 6.55 Å². The first-order valence-electron chi connectivity index (χ1n) is 14.1. The largest absolute Gasteiger partial charge is 0.436 e. The number of halogens is 3. The molecular weight excluding hydrogens is 591 g/mol. The Morgan fingerprint density at radius 3 is 2.44 bits per heavy atom. The maximum atomic E-state index is 13.9. The van der Waals surface area contributed by atoms with Gasteiger partial charge in [0.1, 0.15) is 11.2 Å². The lowest BCUT2D eigenvalue weighted by Gasteiger charge is -2.38. The lowest BCUT2D eigenvalue weighted by atomic mass is 10.0. The van der Waals surface area contributed by atoms with Crippen LogP contribution in [0.25, 0.3) is 22.6 Å². The van der Waals surface area contributed by atoms with Crippen LogP contribution in [0.2, 0.25) is 0 Å². The highest BCUT2D eigenvalue weighted by molar-refractivity contribution is 5.98. The standard InChI is InChI=1S/C30H28F3N9O3/c1-30(2,33)28(44)35-20-8-9-23-21(17-20)36-26(45-23)19-10-11-34-22(16-19)27(43)41-14-12-40(13-15-41)24(18-6-4-3-5-7-18)25-37-39-42(38-25)29(31)32/h3-11,16-17,24,29H,12-15H2,1-2H3,(H,35,44)/t24-/m0/s1. The molecular formula is C30H28F3N9O3. The van der Waals surface area contributed by atoms with Gasteiger partial charge in [-0.15, -0.1) is 10.2 Å². The van der Waals surface area contributed by atoms with Gasteiger partial charge < -0.3 is 14.6 Å². The number of aromatic nitrogens is 6. The summed E-state index contributed by atoms with van der Waals surface area (Å²) in [6.07, 6.45) is 1.49. The molecule has 12 nitrogen and oxygen atoms in total. The van der Waals surface area contributed by atoms with Crippen molar-refractivity contribution in [2.24, 2.45) is 0 Å². The molecule has 2 amide bonds. The Morgan fingerprint density at radius 1 is 1.00 bits per heavy atom. The van der Waals surface area contributed by atoms with Crippen molar-refractivity contribution in [2.45, 2.75) is 32.1 Å². The maximum absolute atomic E-state index is 13.9. The maximum Gasteiger partial charge on any atom is 0.350 e. The van der Waals surface area contributed by atoms with Crippen molar-refractivity contribution in [2.75, 3.05) is 31.5 Å². The molecule has 0 saturated carbocycles. The van der Waals surface area contributed by atoms with Gasteiger partial charge in [-0.2, -0.15) is 8.78 Å². The van der Waals surface area contributed by atoms with E-state index in [2.05, 4.69) is 30.7 Å². The van der Waals surface area contributed by atoms with E-state index >= 15 is 0 Å². The van der Waals surface area contributed by atoms with Gasteiger partial charge in [0.05, 0.1) is 6.04 Å². The predicted octanol–water partition coefficient (Wildman–Crippen LogP) is 4.51. The molecule has 1 saturated heterocycles. The van der Waals surface area contributed by atoms with E-state index in [0.29, 0.717) is 48.5 Å². The summed E-state index contributed by atoms with van der Waals surface area (Å²) in [6.45, 7) is 0.991. The first kappa shape index (κ1) is 29.9. The molecule has 45 heavy (non-hydrogen) atoms. The molecule has 0 radical (unpaired) electrons. The van der Waals surface area contributed by atoms with E-state index in [-0.39, 0.29) is 28.1 Å². The van der Waals surface area contributed by atoms with Crippen LogP contribution in [0, 0.1) is 0 Å². The molecule has 232 valence electrons. The highest BCUT2D eigenvalue weighted by Gasteiger charge is 2.32. The second kappa shape index (κ2) is 12.1. The molecule has 5 aromatic rings. The first-order chi connectivity index (χ1) is 21.6. The summed E-state index contributed by atoms with van der Waals surface area (Å²) in [5.74, 6) is -0.676. The highest BCUT2D eigenvalue weighted by Crippen LogP contribution is 2.29. The third kappa shape index (κ3) is 6.38. The highest BCUT2D eigenvalue weighted by atomic mass is 19.3. The number of nitrogens with one attached hydrogen (secondary N) is 1. The van der Waals surface area contributed by atoms with Crippen LogP contribution in [0.5, 0.6) is 0 Å². The van der Waals surface area contributed by atoms with Crippen LogP contribution in [0.1, 0.15) is 48.3 Å². The molecule has 6 rings (SSSR count). The normalized spacial score (nSPS) is 15.0. The fourth-order valence-corrected chi connectivity index (χ4v) is 5.02. The molecule has 1 aliphatic heterocycles. The van der Waals surface area contributed by atoms with Crippen LogP contribution < -0.4 is 5.32 Å². The number of piperazine rings is 1. The number of anilines is 1. The molecule has 0 spiro atoms. The summed E-state index contributed by atoms with van der Waals surface area (Å²) < 4.78 is 46.2. The van der Waals surface area contributed by atoms with Crippen LogP contribution in [0.4, 0.5) is 18.9 Å². The molecule has 1 atom stereocenters. The molecule has 4 heterocycles.